The number of amidine groups is 2. The van der Waals surface area contributed by atoms with Gasteiger partial charge in [0.1, 0.15) is 11.7 Å². The molecule has 18 heavy (non-hydrogen) atoms. The molecule has 0 aliphatic carbocycles. The van der Waals surface area contributed by atoms with E-state index < -0.39 is 0 Å². The Labute approximate surface area is 105 Å². The third-order valence-electron chi connectivity index (χ3n) is 3.67. The van der Waals surface area contributed by atoms with Crippen molar-refractivity contribution < 1.29 is 0 Å². The number of nitrogens with zero attached hydrogens (tertiary/aromatic N) is 4. The molecule has 0 spiro atoms. The zero-order valence-corrected chi connectivity index (χ0v) is 10.3. The van der Waals surface area contributed by atoms with Gasteiger partial charge in [0.15, 0.2) is 12.3 Å². The SMILES string of the molecule is CC1=NNC2C3NN=C(C)N3c3ccccc3N12. The molecule has 2 N–H and O–H groups in total. The van der Waals surface area contributed by atoms with E-state index in [0.717, 1.165) is 11.7 Å². The number of para-hydroxylation sites is 2. The molecular formula is C12H14N6. The van der Waals surface area contributed by atoms with Gasteiger partial charge in [0, 0.05) is 0 Å². The zero-order chi connectivity index (χ0) is 12.3. The Balaban J connectivity index is 1.93. The van der Waals surface area contributed by atoms with Crippen molar-refractivity contribution in [3.05, 3.63) is 24.3 Å². The molecule has 0 radical (unpaired) electrons. The van der Waals surface area contributed by atoms with Crippen LogP contribution in [-0.2, 0) is 0 Å². The number of rotatable bonds is 0. The normalized spacial score (nSPS) is 27.7. The predicted octanol–water partition coefficient (Wildman–Crippen LogP) is 0.838. The lowest BCUT2D eigenvalue weighted by Gasteiger charge is -2.42. The summed E-state index contributed by atoms with van der Waals surface area (Å²) in [6, 6.07) is 8.35. The molecule has 4 rings (SSSR count). The first-order valence-corrected chi connectivity index (χ1v) is 6.04. The molecule has 0 aromatic heterocycles. The first-order valence-electron chi connectivity index (χ1n) is 6.04. The van der Waals surface area contributed by atoms with Crippen LogP contribution >= 0.6 is 0 Å². The first-order chi connectivity index (χ1) is 8.77. The molecule has 92 valence electrons. The van der Waals surface area contributed by atoms with Crippen molar-refractivity contribution in [1.29, 1.82) is 0 Å². The summed E-state index contributed by atoms with van der Waals surface area (Å²) in [5.41, 5.74) is 8.69. The van der Waals surface area contributed by atoms with Crippen LogP contribution in [0.5, 0.6) is 0 Å². The minimum atomic E-state index is 0.0844. The van der Waals surface area contributed by atoms with E-state index in [4.69, 9.17) is 0 Å². The minimum Gasteiger partial charge on any atom is -0.300 e. The van der Waals surface area contributed by atoms with Gasteiger partial charge in [-0.15, -0.1) is 0 Å². The fourth-order valence-corrected chi connectivity index (χ4v) is 2.89. The van der Waals surface area contributed by atoms with Crippen LogP contribution in [-0.4, -0.2) is 24.0 Å². The number of anilines is 2. The van der Waals surface area contributed by atoms with Crippen LogP contribution in [0.2, 0.25) is 0 Å². The number of benzene rings is 1. The van der Waals surface area contributed by atoms with Gasteiger partial charge in [-0.3, -0.25) is 10.9 Å². The lowest BCUT2D eigenvalue weighted by molar-refractivity contribution is 0.422. The summed E-state index contributed by atoms with van der Waals surface area (Å²) in [5.74, 6) is 1.97. The summed E-state index contributed by atoms with van der Waals surface area (Å²) in [4.78, 5) is 4.44. The summed E-state index contributed by atoms with van der Waals surface area (Å²) in [5, 5.41) is 8.68. The van der Waals surface area contributed by atoms with Crippen molar-refractivity contribution in [2.75, 3.05) is 9.80 Å². The Morgan fingerprint density at radius 2 is 1.33 bits per heavy atom. The van der Waals surface area contributed by atoms with Crippen molar-refractivity contribution in [3.63, 3.8) is 0 Å². The van der Waals surface area contributed by atoms with E-state index in [9.17, 15) is 0 Å². The molecule has 3 aliphatic rings. The molecule has 0 saturated heterocycles. The van der Waals surface area contributed by atoms with Gasteiger partial charge < -0.3 is 9.80 Å². The topological polar surface area (TPSA) is 55.3 Å². The lowest BCUT2D eigenvalue weighted by atomic mass is 10.1. The van der Waals surface area contributed by atoms with Crippen LogP contribution in [0.3, 0.4) is 0 Å². The fraction of sp³-hybridized carbons (Fsp3) is 0.333. The van der Waals surface area contributed by atoms with Crippen LogP contribution in [0.15, 0.2) is 34.5 Å². The van der Waals surface area contributed by atoms with Gasteiger partial charge in [-0.25, -0.2) is 0 Å². The smallest absolute Gasteiger partial charge is 0.161 e. The van der Waals surface area contributed by atoms with Gasteiger partial charge in [-0.2, -0.15) is 10.2 Å². The first kappa shape index (κ1) is 9.76. The molecule has 6 heteroatoms. The summed E-state index contributed by atoms with van der Waals surface area (Å²) < 4.78 is 0. The van der Waals surface area contributed by atoms with Crippen LogP contribution in [0.1, 0.15) is 13.8 Å². The Bertz CT molecular complexity index is 527. The molecule has 0 fully saturated rings. The highest BCUT2D eigenvalue weighted by atomic mass is 15.6. The predicted molar refractivity (Wildman–Crippen MR) is 71.5 cm³/mol. The highest BCUT2D eigenvalue weighted by Gasteiger charge is 2.45. The second kappa shape index (κ2) is 3.16. The Kier molecular flexibility index (Phi) is 1.71. The molecule has 1 aromatic carbocycles. The maximum absolute atomic E-state index is 4.34. The summed E-state index contributed by atoms with van der Waals surface area (Å²) in [6.07, 6.45) is 0.169. The number of hydrazone groups is 2. The van der Waals surface area contributed by atoms with Gasteiger partial charge in [-0.05, 0) is 26.0 Å². The van der Waals surface area contributed by atoms with Crippen molar-refractivity contribution in [2.45, 2.75) is 26.2 Å². The summed E-state index contributed by atoms with van der Waals surface area (Å²) in [6.45, 7) is 4.03. The van der Waals surface area contributed by atoms with Crippen LogP contribution < -0.4 is 20.7 Å². The van der Waals surface area contributed by atoms with Crippen LogP contribution in [0.4, 0.5) is 11.4 Å². The van der Waals surface area contributed by atoms with E-state index >= 15 is 0 Å². The van der Waals surface area contributed by atoms with E-state index in [2.05, 4.69) is 55.1 Å². The maximum Gasteiger partial charge on any atom is 0.161 e. The summed E-state index contributed by atoms with van der Waals surface area (Å²) in [7, 11) is 0. The second-order valence-corrected chi connectivity index (χ2v) is 4.69. The summed E-state index contributed by atoms with van der Waals surface area (Å²) >= 11 is 0. The van der Waals surface area contributed by atoms with E-state index in [0.29, 0.717) is 0 Å². The molecule has 0 amide bonds. The third-order valence-corrected chi connectivity index (χ3v) is 3.67. The monoisotopic (exact) mass is 242 g/mol. The van der Waals surface area contributed by atoms with Crippen molar-refractivity contribution >= 4 is 23.0 Å². The molecule has 3 aliphatic heterocycles. The molecule has 1 aromatic rings. The highest BCUT2D eigenvalue weighted by molar-refractivity contribution is 6.08. The van der Waals surface area contributed by atoms with Gasteiger partial charge in [0.2, 0.25) is 0 Å². The van der Waals surface area contributed by atoms with Crippen molar-refractivity contribution in [3.8, 4) is 0 Å². The molecule has 2 unspecified atom stereocenters. The van der Waals surface area contributed by atoms with E-state index in [1.807, 2.05) is 13.8 Å². The lowest BCUT2D eigenvalue weighted by Crippen LogP contribution is -2.61. The molecule has 3 heterocycles. The maximum atomic E-state index is 4.34. The van der Waals surface area contributed by atoms with Crippen LogP contribution in [0.25, 0.3) is 0 Å². The Morgan fingerprint density at radius 3 is 1.78 bits per heavy atom. The number of fused-ring (bicyclic) bond motifs is 6. The van der Waals surface area contributed by atoms with Gasteiger partial charge in [-0.1, -0.05) is 12.1 Å². The molecule has 6 nitrogen and oxygen atoms in total. The van der Waals surface area contributed by atoms with Crippen LogP contribution in [0, 0.1) is 0 Å². The van der Waals surface area contributed by atoms with Crippen molar-refractivity contribution in [2.24, 2.45) is 10.2 Å². The zero-order valence-electron chi connectivity index (χ0n) is 10.3. The second-order valence-electron chi connectivity index (χ2n) is 4.69. The van der Waals surface area contributed by atoms with Gasteiger partial charge >= 0.3 is 0 Å². The van der Waals surface area contributed by atoms with E-state index in [1.54, 1.807) is 0 Å². The molecule has 0 bridgehead atoms. The van der Waals surface area contributed by atoms with E-state index in [-0.39, 0.29) is 12.3 Å². The standard InChI is InChI=1S/C12H14N6/c1-7-13-15-11-12-16-14-8(2)18(12)10-6-4-3-5-9(10)17(7)11/h3-6,11-12,15-16H,1-2H3. The average Bonchev–Trinajstić information content (AvgIpc) is 2.94. The average molecular weight is 242 g/mol. The highest BCUT2D eigenvalue weighted by Crippen LogP contribution is 2.39. The van der Waals surface area contributed by atoms with Gasteiger partial charge in [0.05, 0.1) is 11.4 Å². The van der Waals surface area contributed by atoms with Crippen molar-refractivity contribution in [1.82, 2.24) is 10.9 Å². The number of nitrogens with one attached hydrogen (secondary N) is 2. The quantitative estimate of drug-likeness (QED) is 0.708. The number of hydrogen-bond donors (Lipinski definition) is 2. The Hall–Kier alpha value is -2.24. The fourth-order valence-electron chi connectivity index (χ4n) is 2.89. The number of hydrogen-bond acceptors (Lipinski definition) is 6. The molecule has 2 atom stereocenters. The minimum absolute atomic E-state index is 0.0844. The Morgan fingerprint density at radius 1 is 0.889 bits per heavy atom. The molecule has 0 saturated carbocycles. The third kappa shape index (κ3) is 1.02. The molecular weight excluding hydrogens is 228 g/mol. The van der Waals surface area contributed by atoms with E-state index in [1.165, 1.54) is 11.4 Å². The largest absolute Gasteiger partial charge is 0.300 e. The van der Waals surface area contributed by atoms with Gasteiger partial charge in [0.25, 0.3) is 0 Å².